The van der Waals surface area contributed by atoms with Crippen LogP contribution in [0.5, 0.6) is 5.75 Å². The number of thiophene rings is 1. The van der Waals surface area contributed by atoms with Gasteiger partial charge in [-0.05, 0) is 35.6 Å². The number of aromatic nitrogens is 2. The highest BCUT2D eigenvalue weighted by atomic mass is 32.1. The lowest BCUT2D eigenvalue weighted by Crippen LogP contribution is -2.27. The first-order valence-electron chi connectivity index (χ1n) is 8.04. The summed E-state index contributed by atoms with van der Waals surface area (Å²) in [5.74, 6) is 1.95. The van der Waals surface area contributed by atoms with Gasteiger partial charge in [0.1, 0.15) is 11.8 Å². The predicted molar refractivity (Wildman–Crippen MR) is 93.1 cm³/mol. The van der Waals surface area contributed by atoms with E-state index >= 15 is 0 Å². The molecule has 2 aromatic heterocycles. The lowest BCUT2D eigenvalue weighted by Gasteiger charge is -2.22. The highest BCUT2D eigenvalue weighted by molar-refractivity contribution is 7.13. The normalized spacial score (nSPS) is 17.2. The van der Waals surface area contributed by atoms with Crippen molar-refractivity contribution < 1.29 is 14.1 Å². The largest absolute Gasteiger partial charge is 0.497 e. The van der Waals surface area contributed by atoms with Crippen molar-refractivity contribution in [3.63, 3.8) is 0 Å². The predicted octanol–water partition coefficient (Wildman–Crippen LogP) is 3.67. The third-order valence-electron chi connectivity index (χ3n) is 4.28. The molecule has 128 valence electrons. The highest BCUT2D eigenvalue weighted by Gasteiger charge is 2.36. The van der Waals surface area contributed by atoms with Gasteiger partial charge in [0, 0.05) is 13.0 Å². The molecule has 0 N–H and O–H groups in total. The summed E-state index contributed by atoms with van der Waals surface area (Å²) in [4.78, 5) is 19.6. The second kappa shape index (κ2) is 6.68. The maximum atomic E-state index is 12.4. The Morgan fingerprint density at radius 2 is 2.28 bits per heavy atom. The Balaban J connectivity index is 1.57. The van der Waals surface area contributed by atoms with E-state index in [-0.39, 0.29) is 11.9 Å². The summed E-state index contributed by atoms with van der Waals surface area (Å²) in [6.07, 6.45) is 1.18. The maximum Gasteiger partial charge on any atom is 0.249 e. The van der Waals surface area contributed by atoms with Crippen molar-refractivity contribution in [1.82, 2.24) is 15.0 Å². The fourth-order valence-corrected chi connectivity index (χ4v) is 3.68. The molecule has 1 amide bonds. The molecule has 1 aliphatic rings. The zero-order valence-electron chi connectivity index (χ0n) is 13.7. The Morgan fingerprint density at radius 1 is 1.36 bits per heavy atom. The van der Waals surface area contributed by atoms with E-state index in [4.69, 9.17) is 9.26 Å². The number of carbonyl (C=O) groups excluding carboxylic acids is 1. The molecule has 0 aliphatic carbocycles. The number of methoxy groups -OCH3 is 1. The average molecular weight is 355 g/mol. The molecular weight excluding hydrogens is 338 g/mol. The molecule has 1 aromatic carbocycles. The first kappa shape index (κ1) is 15.8. The molecule has 4 rings (SSSR count). The monoisotopic (exact) mass is 355 g/mol. The van der Waals surface area contributed by atoms with Gasteiger partial charge in [-0.3, -0.25) is 4.79 Å². The van der Waals surface area contributed by atoms with Crippen molar-refractivity contribution in [3.05, 3.63) is 53.2 Å². The van der Waals surface area contributed by atoms with Gasteiger partial charge in [-0.15, -0.1) is 11.3 Å². The number of hydrogen-bond donors (Lipinski definition) is 0. The van der Waals surface area contributed by atoms with Gasteiger partial charge < -0.3 is 14.2 Å². The Kier molecular flexibility index (Phi) is 4.23. The van der Waals surface area contributed by atoms with Gasteiger partial charge in [0.25, 0.3) is 0 Å². The number of carbonyl (C=O) groups is 1. The summed E-state index contributed by atoms with van der Waals surface area (Å²) in [6.45, 7) is 0.497. The van der Waals surface area contributed by atoms with Crippen LogP contribution in [-0.2, 0) is 11.3 Å². The highest BCUT2D eigenvalue weighted by Crippen LogP contribution is 2.34. The van der Waals surface area contributed by atoms with Crippen molar-refractivity contribution in [2.75, 3.05) is 7.11 Å². The summed E-state index contributed by atoms with van der Waals surface area (Å²) in [7, 11) is 1.63. The van der Waals surface area contributed by atoms with Crippen molar-refractivity contribution in [2.45, 2.75) is 25.4 Å². The molecule has 1 saturated heterocycles. The van der Waals surface area contributed by atoms with E-state index in [1.54, 1.807) is 23.3 Å². The minimum absolute atomic E-state index is 0.101. The van der Waals surface area contributed by atoms with Crippen LogP contribution in [0.15, 0.2) is 46.3 Å². The topological polar surface area (TPSA) is 68.5 Å². The van der Waals surface area contributed by atoms with E-state index in [1.165, 1.54) is 0 Å². The molecule has 6 nitrogen and oxygen atoms in total. The van der Waals surface area contributed by atoms with Crippen LogP contribution in [0.3, 0.4) is 0 Å². The second-order valence-corrected chi connectivity index (χ2v) is 6.81. The molecular formula is C18H17N3O3S. The molecule has 1 fully saturated rings. The Hall–Kier alpha value is -2.67. The van der Waals surface area contributed by atoms with Crippen molar-refractivity contribution in [3.8, 4) is 16.5 Å². The number of nitrogens with zero attached hydrogens (tertiary/aromatic N) is 3. The van der Waals surface area contributed by atoms with E-state index in [0.717, 1.165) is 16.2 Å². The van der Waals surface area contributed by atoms with E-state index in [0.29, 0.717) is 31.1 Å². The van der Waals surface area contributed by atoms with Crippen LogP contribution in [0.2, 0.25) is 0 Å². The van der Waals surface area contributed by atoms with E-state index in [1.807, 2.05) is 41.8 Å². The quantitative estimate of drug-likeness (QED) is 0.698. The number of hydrogen-bond acceptors (Lipinski definition) is 6. The smallest absolute Gasteiger partial charge is 0.249 e. The second-order valence-electron chi connectivity index (χ2n) is 5.86. The minimum Gasteiger partial charge on any atom is -0.497 e. The molecule has 1 unspecified atom stereocenters. The van der Waals surface area contributed by atoms with Crippen molar-refractivity contribution >= 4 is 17.2 Å². The van der Waals surface area contributed by atoms with Crippen molar-refractivity contribution in [2.24, 2.45) is 0 Å². The number of rotatable bonds is 5. The molecule has 3 heterocycles. The lowest BCUT2D eigenvalue weighted by atomic mass is 10.1. The maximum absolute atomic E-state index is 12.4. The SMILES string of the molecule is COc1cccc(CN2C(=O)CCC2c2nc(-c3cccs3)no2)c1. The number of likely N-dealkylation sites (tertiary alicyclic amines) is 1. The van der Waals surface area contributed by atoms with Crippen LogP contribution in [-0.4, -0.2) is 28.1 Å². The molecule has 0 radical (unpaired) electrons. The molecule has 7 heteroatoms. The van der Waals surface area contributed by atoms with E-state index in [9.17, 15) is 4.79 Å². The molecule has 0 saturated carbocycles. The fraction of sp³-hybridized carbons (Fsp3) is 0.278. The fourth-order valence-electron chi connectivity index (χ4n) is 3.03. The van der Waals surface area contributed by atoms with E-state index < -0.39 is 0 Å². The zero-order chi connectivity index (χ0) is 17.2. The Labute approximate surface area is 149 Å². The van der Waals surface area contributed by atoms with Crippen LogP contribution >= 0.6 is 11.3 Å². The number of ether oxygens (including phenoxy) is 1. The molecule has 1 aliphatic heterocycles. The zero-order valence-corrected chi connectivity index (χ0v) is 14.5. The van der Waals surface area contributed by atoms with Gasteiger partial charge in [0.15, 0.2) is 0 Å². The van der Waals surface area contributed by atoms with Crippen molar-refractivity contribution in [1.29, 1.82) is 0 Å². The van der Waals surface area contributed by atoms with Gasteiger partial charge in [-0.2, -0.15) is 4.98 Å². The molecule has 25 heavy (non-hydrogen) atoms. The average Bonchev–Trinajstić information content (AvgIpc) is 3.36. The molecule has 0 bridgehead atoms. The third kappa shape index (κ3) is 3.15. The van der Waals surface area contributed by atoms with Gasteiger partial charge in [0.2, 0.25) is 17.6 Å². The van der Waals surface area contributed by atoms with Crippen LogP contribution in [0, 0.1) is 0 Å². The first-order valence-corrected chi connectivity index (χ1v) is 8.92. The summed E-state index contributed by atoms with van der Waals surface area (Å²) in [6, 6.07) is 11.4. The van der Waals surface area contributed by atoms with Gasteiger partial charge >= 0.3 is 0 Å². The Morgan fingerprint density at radius 3 is 3.08 bits per heavy atom. The van der Waals surface area contributed by atoms with Gasteiger partial charge in [-0.1, -0.05) is 23.4 Å². The van der Waals surface area contributed by atoms with Gasteiger partial charge in [-0.25, -0.2) is 0 Å². The molecule has 0 spiro atoms. The summed E-state index contributed by atoms with van der Waals surface area (Å²) in [5.41, 5.74) is 1.01. The third-order valence-corrected chi connectivity index (χ3v) is 5.15. The first-order chi connectivity index (χ1) is 12.2. The molecule has 3 aromatic rings. The van der Waals surface area contributed by atoms with Crippen LogP contribution in [0.4, 0.5) is 0 Å². The van der Waals surface area contributed by atoms with Crippen LogP contribution in [0.25, 0.3) is 10.7 Å². The number of benzene rings is 1. The minimum atomic E-state index is -0.181. The summed E-state index contributed by atoms with van der Waals surface area (Å²) < 4.78 is 10.7. The summed E-state index contributed by atoms with van der Waals surface area (Å²) >= 11 is 1.56. The van der Waals surface area contributed by atoms with Crippen LogP contribution in [0.1, 0.15) is 30.3 Å². The lowest BCUT2D eigenvalue weighted by molar-refractivity contribution is -0.130. The standard InChI is InChI=1S/C18H17N3O3S/c1-23-13-5-2-4-12(10-13)11-21-14(7-8-16(21)22)18-19-17(20-24-18)15-6-3-9-25-15/h2-6,9-10,14H,7-8,11H2,1H3. The van der Waals surface area contributed by atoms with E-state index in [2.05, 4.69) is 10.1 Å². The molecule has 1 atom stereocenters. The van der Waals surface area contributed by atoms with Crippen LogP contribution < -0.4 is 4.74 Å². The summed E-state index contributed by atoms with van der Waals surface area (Å²) in [5, 5.41) is 6.04. The van der Waals surface area contributed by atoms with Gasteiger partial charge in [0.05, 0.1) is 12.0 Å². The Bertz CT molecular complexity index is 875. The number of amides is 1.